The van der Waals surface area contributed by atoms with E-state index in [0.29, 0.717) is 16.3 Å². The molecule has 1 nitrogen and oxygen atoms in total. The fourth-order valence-electron chi connectivity index (χ4n) is 1.61. The molecule has 0 amide bonds. The number of alkyl halides is 2. The first kappa shape index (κ1) is 11.9. The molecule has 17 heavy (non-hydrogen) atoms. The summed E-state index contributed by atoms with van der Waals surface area (Å²) in [5.74, 6) is 0. The van der Waals surface area contributed by atoms with E-state index in [1.165, 1.54) is 12.1 Å². The second-order valence-electron chi connectivity index (χ2n) is 3.70. The molecule has 0 bridgehead atoms. The number of hydrogen-bond donors (Lipinski definition) is 1. The van der Waals surface area contributed by atoms with Crippen LogP contribution < -0.4 is 5.73 Å². The van der Waals surface area contributed by atoms with Gasteiger partial charge in [-0.3, -0.25) is 0 Å². The van der Waals surface area contributed by atoms with Gasteiger partial charge in [-0.15, -0.1) is 0 Å². The lowest BCUT2D eigenvalue weighted by molar-refractivity contribution is 0.151. The standard InChI is InChI=1S/C13H10ClF2N/c14-11-3-1-8(2-4-11)9-5-10(13(15)16)7-12(17)6-9/h1-7,13H,17H2. The molecule has 0 aliphatic heterocycles. The number of rotatable bonds is 2. The van der Waals surface area contributed by atoms with Gasteiger partial charge in [0.2, 0.25) is 0 Å². The Morgan fingerprint density at radius 3 is 2.18 bits per heavy atom. The Labute approximate surface area is 103 Å². The zero-order chi connectivity index (χ0) is 12.4. The first-order valence-corrected chi connectivity index (χ1v) is 5.38. The Balaban J connectivity index is 2.48. The Hall–Kier alpha value is -1.61. The summed E-state index contributed by atoms with van der Waals surface area (Å²) in [6.45, 7) is 0. The molecule has 0 radical (unpaired) electrons. The molecule has 88 valence electrons. The van der Waals surface area contributed by atoms with Gasteiger partial charge in [0.05, 0.1) is 0 Å². The molecule has 0 aliphatic carbocycles. The van der Waals surface area contributed by atoms with Gasteiger partial charge in [-0.1, -0.05) is 23.7 Å². The summed E-state index contributed by atoms with van der Waals surface area (Å²) in [5, 5.41) is 0.603. The molecule has 2 N–H and O–H groups in total. The molecule has 2 aromatic carbocycles. The lowest BCUT2D eigenvalue weighted by Gasteiger charge is -2.07. The van der Waals surface area contributed by atoms with Crippen LogP contribution in [0.5, 0.6) is 0 Å². The monoisotopic (exact) mass is 253 g/mol. The van der Waals surface area contributed by atoms with Gasteiger partial charge in [0.1, 0.15) is 0 Å². The van der Waals surface area contributed by atoms with Crippen molar-refractivity contribution in [3.8, 4) is 11.1 Å². The first-order chi connectivity index (χ1) is 8.06. The summed E-state index contributed by atoms with van der Waals surface area (Å²) in [6.07, 6.45) is -2.52. The zero-order valence-electron chi connectivity index (χ0n) is 8.83. The van der Waals surface area contributed by atoms with E-state index in [-0.39, 0.29) is 5.56 Å². The van der Waals surface area contributed by atoms with Crippen LogP contribution in [0, 0.1) is 0 Å². The molecular formula is C13H10ClF2N. The molecule has 0 saturated heterocycles. The highest BCUT2D eigenvalue weighted by atomic mass is 35.5. The average Bonchev–Trinajstić information content (AvgIpc) is 2.29. The Bertz CT molecular complexity index is 523. The van der Waals surface area contributed by atoms with Crippen molar-refractivity contribution in [2.24, 2.45) is 0 Å². The molecule has 2 aromatic rings. The van der Waals surface area contributed by atoms with Gasteiger partial charge >= 0.3 is 0 Å². The Kier molecular flexibility index (Phi) is 3.29. The van der Waals surface area contributed by atoms with Crippen molar-refractivity contribution in [1.82, 2.24) is 0 Å². The van der Waals surface area contributed by atoms with Gasteiger partial charge in [-0.05, 0) is 41.5 Å². The quantitative estimate of drug-likeness (QED) is 0.782. The third-order valence-electron chi connectivity index (χ3n) is 2.41. The van der Waals surface area contributed by atoms with Gasteiger partial charge in [0.15, 0.2) is 0 Å². The minimum Gasteiger partial charge on any atom is -0.399 e. The fraction of sp³-hybridized carbons (Fsp3) is 0.0769. The second-order valence-corrected chi connectivity index (χ2v) is 4.13. The number of nitrogen functional groups attached to an aromatic ring is 1. The molecule has 2 rings (SSSR count). The van der Waals surface area contributed by atoms with E-state index in [2.05, 4.69) is 0 Å². The van der Waals surface area contributed by atoms with Crippen LogP contribution >= 0.6 is 11.6 Å². The topological polar surface area (TPSA) is 26.0 Å². The molecule has 0 aromatic heterocycles. The Morgan fingerprint density at radius 2 is 1.59 bits per heavy atom. The normalized spacial score (nSPS) is 10.8. The van der Waals surface area contributed by atoms with Crippen LogP contribution in [0.15, 0.2) is 42.5 Å². The molecule has 0 saturated carbocycles. The van der Waals surface area contributed by atoms with E-state index in [4.69, 9.17) is 17.3 Å². The number of anilines is 1. The second kappa shape index (κ2) is 4.72. The highest BCUT2D eigenvalue weighted by molar-refractivity contribution is 6.30. The van der Waals surface area contributed by atoms with E-state index in [1.54, 1.807) is 30.3 Å². The number of nitrogens with two attached hydrogens (primary N) is 1. The van der Waals surface area contributed by atoms with Crippen LogP contribution in [0.2, 0.25) is 5.02 Å². The summed E-state index contributed by atoms with van der Waals surface area (Å²) in [4.78, 5) is 0. The molecule has 0 aliphatic rings. The molecule has 4 heteroatoms. The van der Waals surface area contributed by atoms with Gasteiger partial charge in [0.25, 0.3) is 6.43 Å². The lowest BCUT2D eigenvalue weighted by Crippen LogP contribution is -1.91. The molecule has 0 heterocycles. The molecular weight excluding hydrogens is 244 g/mol. The van der Waals surface area contributed by atoms with Crippen molar-refractivity contribution in [3.63, 3.8) is 0 Å². The van der Waals surface area contributed by atoms with E-state index in [0.717, 1.165) is 5.56 Å². The summed E-state index contributed by atoms with van der Waals surface area (Å²) >= 11 is 5.77. The van der Waals surface area contributed by atoms with Crippen molar-refractivity contribution in [3.05, 3.63) is 53.1 Å². The fourth-order valence-corrected chi connectivity index (χ4v) is 1.74. The minimum absolute atomic E-state index is 0.0741. The van der Waals surface area contributed by atoms with E-state index in [1.807, 2.05) is 0 Å². The van der Waals surface area contributed by atoms with Crippen LogP contribution in [0.1, 0.15) is 12.0 Å². The largest absolute Gasteiger partial charge is 0.399 e. The first-order valence-electron chi connectivity index (χ1n) is 5.01. The number of benzene rings is 2. The van der Waals surface area contributed by atoms with Crippen molar-refractivity contribution in [2.75, 3.05) is 5.73 Å². The van der Waals surface area contributed by atoms with E-state index >= 15 is 0 Å². The molecule has 0 spiro atoms. The number of halogens is 3. The highest BCUT2D eigenvalue weighted by Crippen LogP contribution is 2.29. The van der Waals surface area contributed by atoms with Crippen molar-refractivity contribution in [2.45, 2.75) is 6.43 Å². The molecule has 0 atom stereocenters. The average molecular weight is 254 g/mol. The van der Waals surface area contributed by atoms with Crippen molar-refractivity contribution < 1.29 is 8.78 Å². The summed E-state index contributed by atoms with van der Waals surface area (Å²) in [7, 11) is 0. The maximum atomic E-state index is 12.6. The van der Waals surface area contributed by atoms with Crippen LogP contribution in [0.25, 0.3) is 11.1 Å². The van der Waals surface area contributed by atoms with Gasteiger partial charge in [-0.2, -0.15) is 0 Å². The smallest absolute Gasteiger partial charge is 0.263 e. The van der Waals surface area contributed by atoms with E-state index in [9.17, 15) is 8.78 Å². The molecule has 0 fully saturated rings. The summed E-state index contributed by atoms with van der Waals surface area (Å²) < 4.78 is 25.3. The van der Waals surface area contributed by atoms with Crippen molar-refractivity contribution in [1.29, 1.82) is 0 Å². The van der Waals surface area contributed by atoms with Crippen LogP contribution in [0.3, 0.4) is 0 Å². The van der Waals surface area contributed by atoms with Gasteiger partial charge in [-0.25, -0.2) is 8.78 Å². The van der Waals surface area contributed by atoms with Gasteiger partial charge < -0.3 is 5.73 Å². The van der Waals surface area contributed by atoms with Crippen LogP contribution in [-0.2, 0) is 0 Å². The summed E-state index contributed by atoms with van der Waals surface area (Å²) in [5.41, 5.74) is 7.33. The SMILES string of the molecule is Nc1cc(-c2ccc(Cl)cc2)cc(C(F)F)c1. The predicted molar refractivity (Wildman–Crippen MR) is 66.3 cm³/mol. The minimum atomic E-state index is -2.52. The van der Waals surface area contributed by atoms with Crippen LogP contribution in [0.4, 0.5) is 14.5 Å². The maximum absolute atomic E-state index is 12.6. The highest BCUT2D eigenvalue weighted by Gasteiger charge is 2.09. The third-order valence-corrected chi connectivity index (χ3v) is 2.66. The van der Waals surface area contributed by atoms with E-state index < -0.39 is 6.43 Å². The zero-order valence-corrected chi connectivity index (χ0v) is 9.59. The predicted octanol–water partition coefficient (Wildman–Crippen LogP) is 4.53. The van der Waals surface area contributed by atoms with Crippen LogP contribution in [-0.4, -0.2) is 0 Å². The maximum Gasteiger partial charge on any atom is 0.263 e. The van der Waals surface area contributed by atoms with Gasteiger partial charge in [0, 0.05) is 16.3 Å². The van der Waals surface area contributed by atoms with Crippen molar-refractivity contribution >= 4 is 17.3 Å². The lowest BCUT2D eigenvalue weighted by atomic mass is 10.0. The number of hydrogen-bond acceptors (Lipinski definition) is 1. The summed E-state index contributed by atoms with van der Waals surface area (Å²) in [6, 6.07) is 11.3. The third kappa shape index (κ3) is 2.74. The molecule has 0 unspecified atom stereocenters. The Morgan fingerprint density at radius 1 is 0.941 bits per heavy atom.